The van der Waals surface area contributed by atoms with Gasteiger partial charge in [-0.2, -0.15) is 0 Å². The number of carbonyl (C=O) groups is 2. The molecule has 0 radical (unpaired) electrons. The summed E-state index contributed by atoms with van der Waals surface area (Å²) in [5, 5.41) is 5.04. The van der Waals surface area contributed by atoms with E-state index in [2.05, 4.69) is 15.4 Å². The second-order valence-corrected chi connectivity index (χ2v) is 3.59. The number of anilines is 2. The highest BCUT2D eigenvalue weighted by atomic mass is 16.5. The van der Waals surface area contributed by atoms with Gasteiger partial charge in [0.25, 0.3) is 0 Å². The fraction of sp³-hybridized carbons (Fsp3) is 0.0769. The van der Waals surface area contributed by atoms with Crippen LogP contribution in [0.1, 0.15) is 10.4 Å². The predicted molar refractivity (Wildman–Crippen MR) is 69.1 cm³/mol. The number of nitrogens with one attached hydrogen (secondary N) is 2. The molecule has 0 spiro atoms. The largest absolute Gasteiger partial charge is 0.465 e. The number of hydrogen-bond acceptors (Lipinski definition) is 4. The van der Waals surface area contributed by atoms with Crippen LogP contribution in [0.15, 0.2) is 47.1 Å². The van der Waals surface area contributed by atoms with Crippen molar-refractivity contribution in [1.82, 2.24) is 0 Å². The van der Waals surface area contributed by atoms with E-state index in [4.69, 9.17) is 4.42 Å². The maximum atomic E-state index is 11.7. The SMILES string of the molecule is COC(=O)c1ccccc1NC(=O)Nc1ccco1. The first-order valence-corrected chi connectivity index (χ1v) is 5.49. The summed E-state index contributed by atoms with van der Waals surface area (Å²) in [5.74, 6) is -0.207. The molecule has 0 aliphatic carbocycles. The summed E-state index contributed by atoms with van der Waals surface area (Å²) >= 11 is 0. The Labute approximate surface area is 109 Å². The minimum atomic E-state index is -0.520. The van der Waals surface area contributed by atoms with E-state index in [9.17, 15) is 9.59 Å². The van der Waals surface area contributed by atoms with Gasteiger partial charge in [-0.05, 0) is 18.2 Å². The van der Waals surface area contributed by atoms with Gasteiger partial charge < -0.3 is 14.5 Å². The molecule has 2 rings (SSSR count). The van der Waals surface area contributed by atoms with Gasteiger partial charge in [-0.1, -0.05) is 12.1 Å². The van der Waals surface area contributed by atoms with Crippen LogP contribution in [0.25, 0.3) is 0 Å². The number of furan rings is 1. The molecule has 2 aromatic rings. The van der Waals surface area contributed by atoms with Gasteiger partial charge in [-0.3, -0.25) is 5.32 Å². The Morgan fingerprint density at radius 1 is 1.11 bits per heavy atom. The van der Waals surface area contributed by atoms with Gasteiger partial charge in [0.2, 0.25) is 5.88 Å². The third kappa shape index (κ3) is 3.12. The average molecular weight is 260 g/mol. The fourth-order valence-electron chi connectivity index (χ4n) is 1.50. The van der Waals surface area contributed by atoms with Crippen molar-refractivity contribution in [1.29, 1.82) is 0 Å². The van der Waals surface area contributed by atoms with Crippen LogP contribution >= 0.6 is 0 Å². The van der Waals surface area contributed by atoms with E-state index in [0.717, 1.165) is 0 Å². The zero-order valence-electron chi connectivity index (χ0n) is 10.2. The van der Waals surface area contributed by atoms with E-state index in [1.54, 1.807) is 36.4 Å². The number of carbonyl (C=O) groups excluding carboxylic acids is 2. The standard InChI is InChI=1S/C13H12N2O4/c1-18-12(16)9-5-2-3-6-10(9)14-13(17)15-11-7-4-8-19-11/h2-8H,1H3,(H2,14,15,17). The third-order valence-electron chi connectivity index (χ3n) is 2.34. The van der Waals surface area contributed by atoms with Gasteiger partial charge in [0.1, 0.15) is 0 Å². The number of rotatable bonds is 3. The maximum Gasteiger partial charge on any atom is 0.339 e. The molecule has 0 atom stereocenters. The number of para-hydroxylation sites is 1. The maximum absolute atomic E-state index is 11.7. The van der Waals surface area contributed by atoms with Gasteiger partial charge >= 0.3 is 12.0 Å². The number of methoxy groups -OCH3 is 1. The first-order valence-electron chi connectivity index (χ1n) is 5.49. The van der Waals surface area contributed by atoms with Crippen LogP contribution in [-0.2, 0) is 4.74 Å². The van der Waals surface area contributed by atoms with Crippen LogP contribution < -0.4 is 10.6 Å². The summed E-state index contributed by atoms with van der Waals surface area (Å²) in [6.45, 7) is 0. The molecule has 0 fully saturated rings. The molecular formula is C13H12N2O4. The number of benzene rings is 1. The lowest BCUT2D eigenvalue weighted by Crippen LogP contribution is -2.20. The van der Waals surface area contributed by atoms with E-state index in [1.165, 1.54) is 13.4 Å². The Morgan fingerprint density at radius 3 is 2.58 bits per heavy atom. The topological polar surface area (TPSA) is 80.6 Å². The van der Waals surface area contributed by atoms with Crippen molar-refractivity contribution in [2.24, 2.45) is 0 Å². The Hall–Kier alpha value is -2.76. The monoisotopic (exact) mass is 260 g/mol. The van der Waals surface area contributed by atoms with Crippen molar-refractivity contribution < 1.29 is 18.7 Å². The fourth-order valence-corrected chi connectivity index (χ4v) is 1.50. The lowest BCUT2D eigenvalue weighted by molar-refractivity contribution is 0.0602. The highest BCUT2D eigenvalue weighted by molar-refractivity contribution is 6.04. The molecule has 2 N–H and O–H groups in total. The van der Waals surface area contributed by atoms with Crippen molar-refractivity contribution in [2.45, 2.75) is 0 Å². The minimum absolute atomic E-state index is 0.277. The van der Waals surface area contributed by atoms with Gasteiger partial charge in [0.05, 0.1) is 24.6 Å². The molecule has 0 unspecified atom stereocenters. The van der Waals surface area contributed by atoms with Crippen LogP contribution in [0.5, 0.6) is 0 Å². The Balaban J connectivity index is 2.10. The molecule has 0 aliphatic rings. The summed E-state index contributed by atoms with van der Waals surface area (Å²) in [6, 6.07) is 9.30. The van der Waals surface area contributed by atoms with Crippen molar-refractivity contribution >= 4 is 23.6 Å². The van der Waals surface area contributed by atoms with Crippen molar-refractivity contribution in [3.63, 3.8) is 0 Å². The van der Waals surface area contributed by atoms with Crippen molar-refractivity contribution in [3.05, 3.63) is 48.2 Å². The number of urea groups is 1. The summed E-state index contributed by atoms with van der Waals surface area (Å²) in [6.07, 6.45) is 1.44. The summed E-state index contributed by atoms with van der Waals surface area (Å²) in [7, 11) is 1.28. The molecule has 1 aromatic heterocycles. The Bertz CT molecular complexity index is 578. The molecule has 6 nitrogen and oxygen atoms in total. The third-order valence-corrected chi connectivity index (χ3v) is 2.34. The predicted octanol–water partition coefficient (Wildman–Crippen LogP) is 2.71. The average Bonchev–Trinajstić information content (AvgIpc) is 2.91. The van der Waals surface area contributed by atoms with E-state index in [-0.39, 0.29) is 5.56 Å². The number of esters is 1. The second kappa shape index (κ2) is 5.72. The summed E-state index contributed by atoms with van der Waals surface area (Å²) < 4.78 is 9.61. The first-order chi connectivity index (χ1) is 9.20. The van der Waals surface area contributed by atoms with E-state index in [0.29, 0.717) is 11.6 Å². The molecule has 19 heavy (non-hydrogen) atoms. The first kappa shape index (κ1) is 12.7. The molecule has 1 heterocycles. The molecule has 2 amide bonds. The highest BCUT2D eigenvalue weighted by Crippen LogP contribution is 2.16. The second-order valence-electron chi connectivity index (χ2n) is 3.59. The van der Waals surface area contributed by atoms with E-state index in [1.807, 2.05) is 0 Å². The normalized spacial score (nSPS) is 9.74. The molecular weight excluding hydrogens is 248 g/mol. The smallest absolute Gasteiger partial charge is 0.339 e. The summed E-state index contributed by atoms with van der Waals surface area (Å²) in [5.41, 5.74) is 0.637. The zero-order valence-corrected chi connectivity index (χ0v) is 10.2. The number of hydrogen-bond donors (Lipinski definition) is 2. The molecule has 0 saturated heterocycles. The van der Waals surface area contributed by atoms with Crippen LogP contribution in [0.4, 0.5) is 16.4 Å². The number of ether oxygens (including phenoxy) is 1. The quantitative estimate of drug-likeness (QED) is 0.831. The van der Waals surface area contributed by atoms with E-state index < -0.39 is 12.0 Å². The molecule has 98 valence electrons. The molecule has 0 saturated carbocycles. The molecule has 1 aromatic carbocycles. The van der Waals surface area contributed by atoms with Gasteiger partial charge in [-0.25, -0.2) is 9.59 Å². The lowest BCUT2D eigenvalue weighted by atomic mass is 10.2. The van der Waals surface area contributed by atoms with E-state index >= 15 is 0 Å². The van der Waals surface area contributed by atoms with Gasteiger partial charge in [0.15, 0.2) is 0 Å². The van der Waals surface area contributed by atoms with Crippen LogP contribution in [0.3, 0.4) is 0 Å². The molecule has 0 bridgehead atoms. The molecule has 6 heteroatoms. The van der Waals surface area contributed by atoms with Gasteiger partial charge in [0, 0.05) is 6.07 Å². The van der Waals surface area contributed by atoms with Crippen molar-refractivity contribution in [2.75, 3.05) is 17.7 Å². The lowest BCUT2D eigenvalue weighted by Gasteiger charge is -2.09. The van der Waals surface area contributed by atoms with Crippen molar-refractivity contribution in [3.8, 4) is 0 Å². The van der Waals surface area contributed by atoms with Crippen LogP contribution in [0.2, 0.25) is 0 Å². The Morgan fingerprint density at radius 2 is 1.89 bits per heavy atom. The Kier molecular flexibility index (Phi) is 3.82. The highest BCUT2D eigenvalue weighted by Gasteiger charge is 2.13. The van der Waals surface area contributed by atoms with Crippen LogP contribution in [0, 0.1) is 0 Å². The van der Waals surface area contributed by atoms with Gasteiger partial charge in [-0.15, -0.1) is 0 Å². The molecule has 0 aliphatic heterocycles. The zero-order chi connectivity index (χ0) is 13.7. The minimum Gasteiger partial charge on any atom is -0.465 e. The van der Waals surface area contributed by atoms with Crippen LogP contribution in [-0.4, -0.2) is 19.1 Å². The number of amides is 2. The summed E-state index contributed by atoms with van der Waals surface area (Å²) in [4.78, 5) is 23.2.